The highest BCUT2D eigenvalue weighted by Crippen LogP contribution is 2.20. The van der Waals surface area contributed by atoms with Gasteiger partial charge in [0.25, 0.3) is 0 Å². The standard InChI is InChI=1S/C15H22O2/c1-5-13(4)17-15-7-6-14(12(3)9-15)8-11(2)10-16/h6-9,13,16H,5,10H2,1-4H3/b11-8+. The van der Waals surface area contributed by atoms with Crippen LogP contribution in [0.2, 0.25) is 0 Å². The first kappa shape index (κ1) is 13.8. The molecule has 0 radical (unpaired) electrons. The topological polar surface area (TPSA) is 29.5 Å². The van der Waals surface area contributed by atoms with E-state index >= 15 is 0 Å². The lowest BCUT2D eigenvalue weighted by atomic mass is 10.1. The Balaban J connectivity index is 2.86. The molecule has 94 valence electrons. The van der Waals surface area contributed by atoms with E-state index in [1.807, 2.05) is 31.2 Å². The van der Waals surface area contributed by atoms with Gasteiger partial charge in [0.05, 0.1) is 12.7 Å². The summed E-state index contributed by atoms with van der Waals surface area (Å²) < 4.78 is 5.76. The summed E-state index contributed by atoms with van der Waals surface area (Å²) in [5, 5.41) is 9.00. The summed E-state index contributed by atoms with van der Waals surface area (Å²) >= 11 is 0. The minimum absolute atomic E-state index is 0.102. The lowest BCUT2D eigenvalue weighted by Crippen LogP contribution is -2.09. The molecule has 0 spiro atoms. The van der Waals surface area contributed by atoms with Crippen molar-refractivity contribution in [2.24, 2.45) is 0 Å². The average Bonchev–Trinajstić information content (AvgIpc) is 2.32. The van der Waals surface area contributed by atoms with Gasteiger partial charge in [-0.1, -0.05) is 19.1 Å². The van der Waals surface area contributed by atoms with Crippen LogP contribution >= 0.6 is 0 Å². The first-order chi connectivity index (χ1) is 8.06. The van der Waals surface area contributed by atoms with E-state index in [4.69, 9.17) is 9.84 Å². The fraction of sp³-hybridized carbons (Fsp3) is 0.467. The van der Waals surface area contributed by atoms with E-state index in [9.17, 15) is 0 Å². The molecule has 1 rings (SSSR count). The SMILES string of the molecule is CCC(C)Oc1ccc(/C=C(\C)CO)c(C)c1. The third-order valence-corrected chi connectivity index (χ3v) is 2.80. The highest BCUT2D eigenvalue weighted by molar-refractivity contribution is 5.57. The molecule has 0 saturated heterocycles. The predicted octanol–water partition coefficient (Wildman–Crippen LogP) is 3.57. The van der Waals surface area contributed by atoms with Crippen molar-refractivity contribution < 1.29 is 9.84 Å². The smallest absolute Gasteiger partial charge is 0.120 e. The van der Waals surface area contributed by atoms with Crippen LogP contribution in [0, 0.1) is 6.92 Å². The van der Waals surface area contributed by atoms with Gasteiger partial charge >= 0.3 is 0 Å². The molecular weight excluding hydrogens is 212 g/mol. The minimum Gasteiger partial charge on any atom is -0.491 e. The van der Waals surface area contributed by atoms with Gasteiger partial charge in [0, 0.05) is 0 Å². The summed E-state index contributed by atoms with van der Waals surface area (Å²) in [6.07, 6.45) is 3.25. The number of hydrogen-bond acceptors (Lipinski definition) is 2. The zero-order chi connectivity index (χ0) is 12.8. The fourth-order valence-electron chi connectivity index (χ4n) is 1.51. The summed E-state index contributed by atoms with van der Waals surface area (Å²) in [6.45, 7) is 8.26. The third-order valence-electron chi connectivity index (χ3n) is 2.80. The lowest BCUT2D eigenvalue weighted by molar-refractivity contribution is 0.217. The molecule has 0 aliphatic carbocycles. The van der Waals surface area contributed by atoms with Gasteiger partial charge in [-0.25, -0.2) is 0 Å². The Bertz CT molecular complexity index is 394. The number of ether oxygens (including phenoxy) is 1. The second kappa shape index (κ2) is 6.45. The van der Waals surface area contributed by atoms with Crippen LogP contribution in [0.1, 0.15) is 38.3 Å². The molecule has 0 fully saturated rings. The van der Waals surface area contributed by atoms with Gasteiger partial charge in [0.15, 0.2) is 0 Å². The van der Waals surface area contributed by atoms with Gasteiger partial charge in [-0.3, -0.25) is 0 Å². The average molecular weight is 234 g/mol. The quantitative estimate of drug-likeness (QED) is 0.844. The van der Waals surface area contributed by atoms with Gasteiger partial charge in [-0.2, -0.15) is 0 Å². The lowest BCUT2D eigenvalue weighted by Gasteiger charge is -2.13. The number of benzene rings is 1. The zero-order valence-electron chi connectivity index (χ0n) is 11.2. The number of aryl methyl sites for hydroxylation is 1. The molecule has 1 unspecified atom stereocenters. The maximum absolute atomic E-state index is 9.00. The number of hydrogen-bond donors (Lipinski definition) is 1. The number of rotatable bonds is 5. The van der Waals surface area contributed by atoms with Crippen LogP contribution in [-0.2, 0) is 0 Å². The molecule has 1 aromatic carbocycles. The van der Waals surface area contributed by atoms with E-state index in [1.165, 1.54) is 5.56 Å². The van der Waals surface area contributed by atoms with Crippen molar-refractivity contribution in [3.05, 3.63) is 34.9 Å². The van der Waals surface area contributed by atoms with E-state index in [0.717, 1.165) is 23.3 Å². The predicted molar refractivity (Wildman–Crippen MR) is 72.3 cm³/mol. The molecule has 17 heavy (non-hydrogen) atoms. The van der Waals surface area contributed by atoms with E-state index in [0.29, 0.717) is 0 Å². The highest BCUT2D eigenvalue weighted by Gasteiger charge is 2.03. The van der Waals surface area contributed by atoms with Crippen molar-refractivity contribution in [3.63, 3.8) is 0 Å². The summed E-state index contributed by atoms with van der Waals surface area (Å²) in [7, 11) is 0. The first-order valence-electron chi connectivity index (χ1n) is 6.12. The molecule has 0 aliphatic heterocycles. The fourth-order valence-corrected chi connectivity index (χ4v) is 1.51. The van der Waals surface area contributed by atoms with Crippen LogP contribution in [-0.4, -0.2) is 17.8 Å². The van der Waals surface area contributed by atoms with Gasteiger partial charge < -0.3 is 9.84 Å². The summed E-state index contributed by atoms with van der Waals surface area (Å²) in [6, 6.07) is 6.06. The summed E-state index contributed by atoms with van der Waals surface area (Å²) in [5.41, 5.74) is 3.26. The monoisotopic (exact) mass is 234 g/mol. The maximum Gasteiger partial charge on any atom is 0.120 e. The molecular formula is C15H22O2. The molecule has 0 aromatic heterocycles. The molecule has 2 heteroatoms. The third kappa shape index (κ3) is 4.23. The summed E-state index contributed by atoms with van der Waals surface area (Å²) in [4.78, 5) is 0. The Hall–Kier alpha value is -1.28. The van der Waals surface area contributed by atoms with E-state index in [2.05, 4.69) is 20.8 Å². The molecule has 0 bridgehead atoms. The Morgan fingerprint density at radius 1 is 1.47 bits per heavy atom. The van der Waals surface area contributed by atoms with Crippen LogP contribution in [0.25, 0.3) is 6.08 Å². The van der Waals surface area contributed by atoms with Gasteiger partial charge in [-0.15, -0.1) is 0 Å². The molecule has 0 heterocycles. The highest BCUT2D eigenvalue weighted by atomic mass is 16.5. The number of aliphatic hydroxyl groups excluding tert-OH is 1. The normalized spacial score (nSPS) is 13.6. The van der Waals surface area contributed by atoms with Crippen LogP contribution in [0.15, 0.2) is 23.8 Å². The molecule has 0 saturated carbocycles. The minimum atomic E-state index is 0.102. The van der Waals surface area contributed by atoms with Gasteiger partial charge in [0.1, 0.15) is 5.75 Å². The number of aliphatic hydroxyl groups is 1. The Kier molecular flexibility index (Phi) is 5.23. The Labute approximate surface area is 104 Å². The van der Waals surface area contributed by atoms with Crippen molar-refractivity contribution >= 4 is 6.08 Å². The molecule has 0 aliphatic rings. The first-order valence-corrected chi connectivity index (χ1v) is 6.12. The van der Waals surface area contributed by atoms with E-state index in [-0.39, 0.29) is 12.7 Å². The van der Waals surface area contributed by atoms with Gasteiger partial charge in [0.2, 0.25) is 0 Å². The molecule has 1 atom stereocenters. The van der Waals surface area contributed by atoms with E-state index in [1.54, 1.807) is 0 Å². The van der Waals surface area contributed by atoms with Crippen molar-refractivity contribution in [1.29, 1.82) is 0 Å². The van der Waals surface area contributed by atoms with Crippen molar-refractivity contribution in [2.45, 2.75) is 40.2 Å². The van der Waals surface area contributed by atoms with Crippen LogP contribution in [0.4, 0.5) is 0 Å². The van der Waals surface area contributed by atoms with Crippen molar-refractivity contribution in [1.82, 2.24) is 0 Å². The second-order valence-corrected chi connectivity index (χ2v) is 4.50. The van der Waals surface area contributed by atoms with Crippen molar-refractivity contribution in [2.75, 3.05) is 6.61 Å². The second-order valence-electron chi connectivity index (χ2n) is 4.50. The zero-order valence-corrected chi connectivity index (χ0v) is 11.2. The summed E-state index contributed by atoms with van der Waals surface area (Å²) in [5.74, 6) is 0.913. The molecule has 0 amide bonds. The van der Waals surface area contributed by atoms with Gasteiger partial charge in [-0.05, 0) is 56.0 Å². The maximum atomic E-state index is 9.00. The van der Waals surface area contributed by atoms with Crippen LogP contribution < -0.4 is 4.74 Å². The molecule has 1 N–H and O–H groups in total. The molecule has 1 aromatic rings. The van der Waals surface area contributed by atoms with Crippen LogP contribution in [0.5, 0.6) is 5.75 Å². The Morgan fingerprint density at radius 2 is 2.18 bits per heavy atom. The largest absolute Gasteiger partial charge is 0.491 e. The Morgan fingerprint density at radius 3 is 2.71 bits per heavy atom. The van der Waals surface area contributed by atoms with E-state index < -0.39 is 0 Å². The molecule has 2 nitrogen and oxygen atoms in total. The van der Waals surface area contributed by atoms with Crippen LogP contribution in [0.3, 0.4) is 0 Å². The van der Waals surface area contributed by atoms with Crippen molar-refractivity contribution in [3.8, 4) is 5.75 Å².